The highest BCUT2D eigenvalue weighted by Crippen LogP contribution is 2.16. The molecule has 0 aromatic rings. The topological polar surface area (TPSA) is 26.3 Å². The minimum atomic E-state index is -0.365. The maximum Gasteiger partial charge on any atom is 0.309 e. The van der Waals surface area contributed by atoms with Crippen LogP contribution >= 0.6 is 11.8 Å². The van der Waals surface area contributed by atoms with Crippen molar-refractivity contribution in [3.8, 4) is 0 Å². The fraction of sp³-hybridized carbons (Fsp3) is 0.923. The Hall–Kier alpha value is -0.180. The summed E-state index contributed by atoms with van der Waals surface area (Å²) in [6, 6.07) is 0. The molecule has 0 saturated carbocycles. The van der Waals surface area contributed by atoms with Crippen molar-refractivity contribution in [2.24, 2.45) is 11.8 Å². The van der Waals surface area contributed by atoms with Crippen LogP contribution in [0.5, 0.6) is 0 Å². The van der Waals surface area contributed by atoms with Gasteiger partial charge in [-0.1, -0.05) is 20.8 Å². The first-order valence-corrected chi connectivity index (χ1v) is 7.18. The summed E-state index contributed by atoms with van der Waals surface area (Å²) in [7, 11) is 0. The van der Waals surface area contributed by atoms with Crippen LogP contribution in [0, 0.1) is 11.8 Å². The monoisotopic (exact) mass is 246 g/mol. The molecule has 0 aromatic heterocycles. The zero-order valence-electron chi connectivity index (χ0n) is 11.5. The maximum absolute atomic E-state index is 11.7. The van der Waals surface area contributed by atoms with Crippen molar-refractivity contribution in [2.45, 2.75) is 53.6 Å². The second-order valence-corrected chi connectivity index (χ2v) is 6.84. The molecule has 0 heterocycles. The Labute approximate surface area is 105 Å². The summed E-state index contributed by atoms with van der Waals surface area (Å²) in [5.41, 5.74) is -0.365. The Morgan fingerprint density at radius 2 is 1.81 bits per heavy atom. The largest absolute Gasteiger partial charge is 0.460 e. The summed E-state index contributed by atoms with van der Waals surface area (Å²) >= 11 is 1.92. The fourth-order valence-electron chi connectivity index (χ4n) is 1.10. The number of esters is 1. The highest BCUT2D eigenvalue weighted by Gasteiger charge is 2.21. The maximum atomic E-state index is 11.7. The lowest BCUT2D eigenvalue weighted by molar-refractivity contribution is -0.159. The number of carbonyl (C=O) groups is 1. The van der Waals surface area contributed by atoms with Crippen molar-refractivity contribution in [3.63, 3.8) is 0 Å². The number of thioether (sulfide) groups is 1. The van der Waals surface area contributed by atoms with Crippen LogP contribution < -0.4 is 0 Å². The van der Waals surface area contributed by atoms with Crippen LogP contribution in [-0.2, 0) is 9.53 Å². The second kappa shape index (κ2) is 7.21. The molecule has 1 atom stereocenters. The molecule has 16 heavy (non-hydrogen) atoms. The molecule has 0 fully saturated rings. The quantitative estimate of drug-likeness (QED) is 0.527. The van der Waals surface area contributed by atoms with Crippen molar-refractivity contribution < 1.29 is 9.53 Å². The van der Waals surface area contributed by atoms with Gasteiger partial charge in [-0.2, -0.15) is 11.8 Å². The fourth-order valence-corrected chi connectivity index (χ4v) is 2.26. The van der Waals surface area contributed by atoms with Crippen LogP contribution in [0.25, 0.3) is 0 Å². The minimum Gasteiger partial charge on any atom is -0.460 e. The van der Waals surface area contributed by atoms with E-state index < -0.39 is 0 Å². The van der Waals surface area contributed by atoms with Gasteiger partial charge in [0.1, 0.15) is 5.60 Å². The van der Waals surface area contributed by atoms with Gasteiger partial charge in [-0.25, -0.2) is 0 Å². The molecule has 0 amide bonds. The predicted octanol–water partition coefficient (Wildman–Crippen LogP) is 3.74. The smallest absolute Gasteiger partial charge is 0.309 e. The van der Waals surface area contributed by atoms with Gasteiger partial charge < -0.3 is 4.74 Å². The molecule has 0 N–H and O–H groups in total. The molecule has 0 rings (SSSR count). The molecule has 0 radical (unpaired) electrons. The molecular formula is C13H26O2S. The molecule has 0 saturated heterocycles. The molecular weight excluding hydrogens is 220 g/mol. The average molecular weight is 246 g/mol. The zero-order chi connectivity index (χ0) is 12.8. The van der Waals surface area contributed by atoms with Crippen molar-refractivity contribution in [2.75, 3.05) is 11.5 Å². The van der Waals surface area contributed by atoms with Gasteiger partial charge in [0.15, 0.2) is 0 Å². The van der Waals surface area contributed by atoms with E-state index >= 15 is 0 Å². The molecule has 0 bridgehead atoms. The van der Waals surface area contributed by atoms with Gasteiger partial charge >= 0.3 is 5.97 Å². The van der Waals surface area contributed by atoms with E-state index in [0.717, 1.165) is 18.1 Å². The van der Waals surface area contributed by atoms with Crippen LogP contribution in [0.4, 0.5) is 0 Å². The van der Waals surface area contributed by atoms with E-state index in [2.05, 4.69) is 13.8 Å². The molecule has 0 aliphatic carbocycles. The first-order chi connectivity index (χ1) is 7.22. The van der Waals surface area contributed by atoms with Crippen molar-refractivity contribution in [1.82, 2.24) is 0 Å². The Balaban J connectivity index is 3.72. The van der Waals surface area contributed by atoms with E-state index in [1.807, 2.05) is 39.5 Å². The average Bonchev–Trinajstić information content (AvgIpc) is 2.08. The van der Waals surface area contributed by atoms with Crippen LogP contribution in [0.2, 0.25) is 0 Å². The highest BCUT2D eigenvalue weighted by molar-refractivity contribution is 7.99. The molecule has 3 heteroatoms. The number of ether oxygens (including phenoxy) is 1. The van der Waals surface area contributed by atoms with Gasteiger partial charge in [-0.15, -0.1) is 0 Å². The van der Waals surface area contributed by atoms with Crippen molar-refractivity contribution in [1.29, 1.82) is 0 Å². The van der Waals surface area contributed by atoms with Gasteiger partial charge in [0.05, 0.1) is 5.92 Å². The summed E-state index contributed by atoms with van der Waals surface area (Å²) in [4.78, 5) is 11.7. The normalized spacial score (nSPS) is 13.9. The number of carbonyl (C=O) groups excluding carboxylic acids is 1. The molecule has 0 aromatic carbocycles. The predicted molar refractivity (Wildman–Crippen MR) is 71.8 cm³/mol. The highest BCUT2D eigenvalue weighted by atomic mass is 32.2. The Kier molecular flexibility index (Phi) is 7.12. The van der Waals surface area contributed by atoms with E-state index in [-0.39, 0.29) is 17.5 Å². The zero-order valence-corrected chi connectivity index (χ0v) is 12.3. The first kappa shape index (κ1) is 15.8. The third-order valence-corrected chi connectivity index (χ3v) is 3.38. The van der Waals surface area contributed by atoms with Crippen molar-refractivity contribution >= 4 is 17.7 Å². The lowest BCUT2D eigenvalue weighted by atomic mass is 10.1. The van der Waals surface area contributed by atoms with Gasteiger partial charge in [-0.3, -0.25) is 4.79 Å². The van der Waals surface area contributed by atoms with Gasteiger partial charge in [0.2, 0.25) is 0 Å². The van der Waals surface area contributed by atoms with Crippen LogP contribution in [0.3, 0.4) is 0 Å². The third-order valence-electron chi connectivity index (χ3n) is 1.96. The van der Waals surface area contributed by atoms with Crippen LogP contribution in [0.15, 0.2) is 0 Å². The van der Waals surface area contributed by atoms with Gasteiger partial charge in [-0.05, 0) is 44.6 Å². The van der Waals surface area contributed by atoms with E-state index in [1.165, 1.54) is 5.75 Å². The molecule has 0 aliphatic rings. The third kappa shape index (κ3) is 9.08. The van der Waals surface area contributed by atoms with E-state index in [1.54, 1.807) is 0 Å². The number of hydrogen-bond acceptors (Lipinski definition) is 3. The number of rotatable bonds is 6. The van der Waals surface area contributed by atoms with Gasteiger partial charge in [0.25, 0.3) is 0 Å². The molecule has 0 spiro atoms. The Bertz CT molecular complexity index is 206. The Morgan fingerprint density at radius 1 is 1.25 bits per heavy atom. The minimum absolute atomic E-state index is 0.0129. The summed E-state index contributed by atoms with van der Waals surface area (Å²) in [6.45, 7) is 12.1. The standard InChI is InChI=1S/C13H26O2S/c1-10(2)9-16-8-7-11(3)12(14)15-13(4,5)6/h10-11H,7-9H2,1-6H3/t11-/m0/s1. The van der Waals surface area contributed by atoms with E-state index in [9.17, 15) is 4.79 Å². The second-order valence-electron chi connectivity index (χ2n) is 5.69. The molecule has 96 valence electrons. The number of hydrogen-bond donors (Lipinski definition) is 0. The summed E-state index contributed by atoms with van der Waals surface area (Å²) in [5.74, 6) is 2.87. The first-order valence-electron chi connectivity index (χ1n) is 6.03. The van der Waals surface area contributed by atoms with Crippen molar-refractivity contribution in [3.05, 3.63) is 0 Å². The van der Waals surface area contributed by atoms with E-state index in [4.69, 9.17) is 4.74 Å². The Morgan fingerprint density at radius 3 is 2.25 bits per heavy atom. The molecule has 2 nitrogen and oxygen atoms in total. The summed E-state index contributed by atoms with van der Waals surface area (Å²) in [6.07, 6.45) is 0.909. The van der Waals surface area contributed by atoms with Crippen LogP contribution in [0.1, 0.15) is 48.0 Å². The molecule has 0 unspecified atom stereocenters. The summed E-state index contributed by atoms with van der Waals surface area (Å²) < 4.78 is 5.33. The summed E-state index contributed by atoms with van der Waals surface area (Å²) in [5, 5.41) is 0. The molecule has 0 aliphatic heterocycles. The SMILES string of the molecule is CC(C)CSCC[C@H](C)C(=O)OC(C)(C)C. The lowest BCUT2D eigenvalue weighted by Gasteiger charge is -2.22. The van der Waals surface area contributed by atoms with E-state index in [0.29, 0.717) is 0 Å². The van der Waals surface area contributed by atoms with Crippen LogP contribution in [-0.4, -0.2) is 23.1 Å². The lowest BCUT2D eigenvalue weighted by Crippen LogP contribution is -2.27. The van der Waals surface area contributed by atoms with Gasteiger partial charge in [0, 0.05) is 0 Å².